The molecule has 2 N–H and O–H groups in total. The van der Waals surface area contributed by atoms with Gasteiger partial charge in [0.2, 0.25) is 0 Å². The van der Waals surface area contributed by atoms with Gasteiger partial charge < -0.3 is 15.1 Å². The van der Waals surface area contributed by atoms with Crippen molar-refractivity contribution in [3.8, 4) is 0 Å². The van der Waals surface area contributed by atoms with E-state index in [-0.39, 0.29) is 6.04 Å². The molecule has 2 aromatic rings. The number of rotatable bonds is 8. The molecule has 0 radical (unpaired) electrons. The van der Waals surface area contributed by atoms with Crippen molar-refractivity contribution in [1.29, 1.82) is 0 Å². The molecule has 6 nitrogen and oxygen atoms in total. The van der Waals surface area contributed by atoms with Crippen molar-refractivity contribution in [2.24, 2.45) is 4.99 Å². The Hall–Kier alpha value is -1.86. The van der Waals surface area contributed by atoms with Crippen LogP contribution in [-0.4, -0.2) is 42.5 Å². The lowest BCUT2D eigenvalue weighted by molar-refractivity contribution is 0.193. The zero-order valence-electron chi connectivity index (χ0n) is 15.8. The Morgan fingerprint density at radius 2 is 2.08 bits per heavy atom. The number of nitrogens with one attached hydrogen (secondary N) is 2. The van der Waals surface area contributed by atoms with Gasteiger partial charge in [-0.3, -0.25) is 9.89 Å². The van der Waals surface area contributed by atoms with Crippen molar-refractivity contribution >= 4 is 17.3 Å². The number of aromatic nitrogens is 1. The second-order valence-electron chi connectivity index (χ2n) is 5.81. The predicted molar refractivity (Wildman–Crippen MR) is 104 cm³/mol. The van der Waals surface area contributed by atoms with Crippen LogP contribution in [0, 0.1) is 13.8 Å². The Morgan fingerprint density at radius 1 is 1.32 bits per heavy atom. The monoisotopic (exact) mass is 363 g/mol. The van der Waals surface area contributed by atoms with Crippen LogP contribution in [0.4, 0.5) is 0 Å². The highest BCUT2D eigenvalue weighted by atomic mass is 32.1. The molecule has 0 aliphatic heterocycles. The van der Waals surface area contributed by atoms with Crippen molar-refractivity contribution in [2.75, 3.05) is 26.7 Å². The van der Waals surface area contributed by atoms with E-state index in [0.717, 1.165) is 42.1 Å². The number of aliphatic imine (C=N–C) groups is 1. The van der Waals surface area contributed by atoms with Crippen LogP contribution in [0.5, 0.6) is 0 Å². The molecule has 0 saturated heterocycles. The molecule has 0 aliphatic rings. The molecule has 0 amide bonds. The van der Waals surface area contributed by atoms with Gasteiger partial charge in [0.25, 0.3) is 0 Å². The third kappa shape index (κ3) is 5.31. The van der Waals surface area contributed by atoms with Gasteiger partial charge in [0, 0.05) is 18.5 Å². The summed E-state index contributed by atoms with van der Waals surface area (Å²) < 4.78 is 5.64. The molecule has 2 rings (SSSR count). The highest BCUT2D eigenvalue weighted by Crippen LogP contribution is 2.20. The van der Waals surface area contributed by atoms with Crippen LogP contribution in [0.25, 0.3) is 0 Å². The predicted octanol–water partition coefficient (Wildman–Crippen LogP) is 3.10. The van der Waals surface area contributed by atoms with E-state index in [2.05, 4.69) is 46.3 Å². The topological polar surface area (TPSA) is 65.7 Å². The van der Waals surface area contributed by atoms with E-state index in [1.165, 1.54) is 4.88 Å². The molecular weight excluding hydrogens is 334 g/mol. The number of hydrogen-bond donors (Lipinski definition) is 2. The molecular formula is C18H29N5OS. The SMILES string of the molecule is CCN(CC)C(CNC(=NC)NCc1nc(C)c(C)s1)c1ccco1. The first-order valence-corrected chi connectivity index (χ1v) is 9.55. The van der Waals surface area contributed by atoms with E-state index in [0.29, 0.717) is 6.54 Å². The minimum Gasteiger partial charge on any atom is -0.468 e. The molecule has 0 saturated carbocycles. The number of hydrogen-bond acceptors (Lipinski definition) is 5. The van der Waals surface area contributed by atoms with Crippen molar-refractivity contribution in [1.82, 2.24) is 20.5 Å². The van der Waals surface area contributed by atoms with Gasteiger partial charge in [-0.1, -0.05) is 13.8 Å². The van der Waals surface area contributed by atoms with E-state index in [1.54, 1.807) is 24.6 Å². The maximum atomic E-state index is 5.64. The minimum atomic E-state index is 0.174. The molecule has 1 atom stereocenters. The van der Waals surface area contributed by atoms with Crippen LogP contribution in [0.3, 0.4) is 0 Å². The molecule has 2 heterocycles. The number of aryl methyl sites for hydroxylation is 2. The Labute approximate surface area is 154 Å². The summed E-state index contributed by atoms with van der Waals surface area (Å²) in [5.74, 6) is 1.74. The van der Waals surface area contributed by atoms with E-state index >= 15 is 0 Å². The van der Waals surface area contributed by atoms with Crippen LogP contribution in [0.15, 0.2) is 27.8 Å². The smallest absolute Gasteiger partial charge is 0.191 e. The van der Waals surface area contributed by atoms with Crippen molar-refractivity contribution in [3.05, 3.63) is 39.7 Å². The van der Waals surface area contributed by atoms with E-state index in [1.807, 2.05) is 19.1 Å². The summed E-state index contributed by atoms with van der Waals surface area (Å²) in [6.07, 6.45) is 1.73. The van der Waals surface area contributed by atoms with E-state index in [9.17, 15) is 0 Å². The molecule has 0 bridgehead atoms. The number of furan rings is 1. The van der Waals surface area contributed by atoms with Crippen LogP contribution < -0.4 is 10.6 Å². The first-order chi connectivity index (χ1) is 12.1. The number of nitrogens with zero attached hydrogens (tertiary/aromatic N) is 3. The van der Waals surface area contributed by atoms with Crippen LogP contribution >= 0.6 is 11.3 Å². The standard InChI is InChI=1S/C18H29N5OS/c1-6-23(7-2)15(16-9-8-10-24-16)11-20-18(19-5)21-12-17-22-13(3)14(4)25-17/h8-10,15H,6-7,11-12H2,1-5H3,(H2,19,20,21). The van der Waals surface area contributed by atoms with Gasteiger partial charge in [-0.15, -0.1) is 11.3 Å². The Morgan fingerprint density at radius 3 is 2.60 bits per heavy atom. The van der Waals surface area contributed by atoms with Gasteiger partial charge in [0.15, 0.2) is 5.96 Å². The van der Waals surface area contributed by atoms with Gasteiger partial charge in [0.1, 0.15) is 10.8 Å². The maximum absolute atomic E-state index is 5.64. The van der Waals surface area contributed by atoms with E-state index < -0.39 is 0 Å². The fraction of sp³-hybridized carbons (Fsp3) is 0.556. The summed E-state index contributed by atoms with van der Waals surface area (Å²) in [5, 5.41) is 7.83. The van der Waals surface area contributed by atoms with Crippen LogP contribution in [0.2, 0.25) is 0 Å². The number of guanidine groups is 1. The van der Waals surface area contributed by atoms with E-state index in [4.69, 9.17) is 4.42 Å². The van der Waals surface area contributed by atoms with Gasteiger partial charge in [0.05, 0.1) is 24.5 Å². The average Bonchev–Trinajstić information content (AvgIpc) is 3.24. The summed E-state index contributed by atoms with van der Waals surface area (Å²) in [6.45, 7) is 11.8. The first kappa shape index (κ1) is 19.5. The lowest BCUT2D eigenvalue weighted by Crippen LogP contribution is -2.42. The summed E-state index contributed by atoms with van der Waals surface area (Å²) >= 11 is 1.72. The van der Waals surface area contributed by atoms with Crippen LogP contribution in [0.1, 0.15) is 41.2 Å². The molecule has 25 heavy (non-hydrogen) atoms. The highest BCUT2D eigenvalue weighted by molar-refractivity contribution is 7.11. The summed E-state index contributed by atoms with van der Waals surface area (Å²) in [7, 11) is 1.78. The molecule has 2 aromatic heterocycles. The Bertz CT molecular complexity index is 642. The van der Waals surface area contributed by atoms with Gasteiger partial charge in [-0.2, -0.15) is 0 Å². The zero-order chi connectivity index (χ0) is 18.2. The highest BCUT2D eigenvalue weighted by Gasteiger charge is 2.20. The van der Waals surface area contributed by atoms with Crippen LogP contribution in [-0.2, 0) is 6.54 Å². The first-order valence-electron chi connectivity index (χ1n) is 8.73. The summed E-state index contributed by atoms with van der Waals surface area (Å²) in [5.41, 5.74) is 1.10. The summed E-state index contributed by atoms with van der Waals surface area (Å²) in [6, 6.07) is 4.14. The molecule has 138 valence electrons. The average molecular weight is 364 g/mol. The van der Waals surface area contributed by atoms with Crippen molar-refractivity contribution < 1.29 is 4.42 Å². The lowest BCUT2D eigenvalue weighted by atomic mass is 10.2. The molecule has 0 aromatic carbocycles. The second kappa shape index (κ2) is 9.58. The second-order valence-corrected chi connectivity index (χ2v) is 7.10. The molecule has 0 spiro atoms. The molecule has 0 aliphatic carbocycles. The van der Waals surface area contributed by atoms with Crippen molar-refractivity contribution in [2.45, 2.75) is 40.3 Å². The summed E-state index contributed by atoms with van der Waals surface area (Å²) in [4.78, 5) is 12.5. The largest absolute Gasteiger partial charge is 0.468 e. The van der Waals surface area contributed by atoms with Gasteiger partial charge >= 0.3 is 0 Å². The minimum absolute atomic E-state index is 0.174. The Kier molecular flexibility index (Phi) is 7.46. The van der Waals surface area contributed by atoms with Crippen molar-refractivity contribution in [3.63, 3.8) is 0 Å². The Balaban J connectivity index is 1.95. The number of thiazole rings is 1. The number of likely N-dealkylation sites (N-methyl/N-ethyl adjacent to an activating group) is 1. The third-order valence-electron chi connectivity index (χ3n) is 4.29. The van der Waals surface area contributed by atoms with Gasteiger partial charge in [-0.05, 0) is 39.1 Å². The normalized spacial score (nSPS) is 13.3. The fourth-order valence-corrected chi connectivity index (χ4v) is 3.62. The maximum Gasteiger partial charge on any atom is 0.191 e. The molecule has 7 heteroatoms. The fourth-order valence-electron chi connectivity index (χ4n) is 2.74. The lowest BCUT2D eigenvalue weighted by Gasteiger charge is -2.28. The third-order valence-corrected chi connectivity index (χ3v) is 5.36. The molecule has 1 unspecified atom stereocenters. The quantitative estimate of drug-likeness (QED) is 0.557. The molecule has 0 fully saturated rings. The van der Waals surface area contributed by atoms with Gasteiger partial charge in [-0.25, -0.2) is 4.98 Å². The zero-order valence-corrected chi connectivity index (χ0v) is 16.6.